The van der Waals surface area contributed by atoms with Gasteiger partial charge in [0.2, 0.25) is 0 Å². The van der Waals surface area contributed by atoms with Crippen molar-refractivity contribution in [3.05, 3.63) is 95.6 Å². The summed E-state index contributed by atoms with van der Waals surface area (Å²) in [6, 6.07) is 23.3. The van der Waals surface area contributed by atoms with Gasteiger partial charge in [0.15, 0.2) is 5.11 Å². The van der Waals surface area contributed by atoms with Crippen molar-refractivity contribution in [2.75, 3.05) is 12.4 Å². The van der Waals surface area contributed by atoms with Gasteiger partial charge in [-0.3, -0.25) is 10.1 Å². The number of rotatable bonds is 6. The molecular formula is C23H20N2O4S. The molecule has 2 N–H and O–H groups in total. The molecule has 7 heteroatoms. The molecule has 0 saturated heterocycles. The Balaban J connectivity index is 1.58. The van der Waals surface area contributed by atoms with Gasteiger partial charge in [0.25, 0.3) is 5.91 Å². The summed E-state index contributed by atoms with van der Waals surface area (Å²) < 4.78 is 10.5. The molecule has 0 aliphatic heterocycles. The number of hydrogen-bond acceptors (Lipinski definition) is 5. The first-order valence-electron chi connectivity index (χ1n) is 9.12. The highest BCUT2D eigenvalue weighted by atomic mass is 32.1. The molecule has 0 aromatic heterocycles. The Kier molecular flexibility index (Phi) is 7.13. The first-order valence-corrected chi connectivity index (χ1v) is 9.53. The van der Waals surface area contributed by atoms with Crippen LogP contribution in [0.25, 0.3) is 0 Å². The van der Waals surface area contributed by atoms with E-state index in [1.165, 1.54) is 13.2 Å². The van der Waals surface area contributed by atoms with Crippen molar-refractivity contribution >= 4 is 34.9 Å². The second-order valence-electron chi connectivity index (χ2n) is 6.28. The Hall–Kier alpha value is -3.71. The van der Waals surface area contributed by atoms with Crippen molar-refractivity contribution < 1.29 is 19.1 Å². The molecular weight excluding hydrogens is 400 g/mol. The maximum absolute atomic E-state index is 12.4. The molecule has 0 unspecified atom stereocenters. The number of anilines is 1. The lowest BCUT2D eigenvalue weighted by molar-refractivity contribution is 0.0600. The number of ether oxygens (including phenoxy) is 2. The van der Waals surface area contributed by atoms with Crippen LogP contribution in [0.1, 0.15) is 26.3 Å². The fourth-order valence-corrected chi connectivity index (χ4v) is 2.86. The monoisotopic (exact) mass is 420 g/mol. The van der Waals surface area contributed by atoms with Crippen molar-refractivity contribution in [1.82, 2.24) is 5.32 Å². The van der Waals surface area contributed by atoms with Crippen LogP contribution in [0.3, 0.4) is 0 Å². The van der Waals surface area contributed by atoms with Crippen LogP contribution in [0, 0.1) is 0 Å². The molecule has 152 valence electrons. The molecule has 1 amide bonds. The van der Waals surface area contributed by atoms with Crippen LogP contribution in [-0.2, 0) is 11.3 Å². The molecule has 30 heavy (non-hydrogen) atoms. The van der Waals surface area contributed by atoms with Crippen LogP contribution in [0.5, 0.6) is 5.75 Å². The number of thiocarbonyl (C=S) groups is 1. The zero-order chi connectivity index (χ0) is 21.3. The van der Waals surface area contributed by atoms with Gasteiger partial charge in [-0.1, -0.05) is 42.5 Å². The summed E-state index contributed by atoms with van der Waals surface area (Å²) in [6.45, 7) is 0.446. The average molecular weight is 420 g/mol. The van der Waals surface area contributed by atoms with E-state index in [0.717, 1.165) is 5.56 Å². The summed E-state index contributed by atoms with van der Waals surface area (Å²) in [4.78, 5) is 24.0. The number of amides is 1. The van der Waals surface area contributed by atoms with Crippen LogP contribution < -0.4 is 15.4 Å². The van der Waals surface area contributed by atoms with Crippen molar-refractivity contribution in [2.45, 2.75) is 6.61 Å². The molecule has 0 bridgehead atoms. The minimum atomic E-state index is -0.516. The highest BCUT2D eigenvalue weighted by Crippen LogP contribution is 2.18. The van der Waals surface area contributed by atoms with E-state index in [4.69, 9.17) is 17.0 Å². The topological polar surface area (TPSA) is 76.7 Å². The van der Waals surface area contributed by atoms with Crippen molar-refractivity contribution in [3.63, 3.8) is 0 Å². The molecule has 6 nitrogen and oxygen atoms in total. The van der Waals surface area contributed by atoms with Gasteiger partial charge in [-0.25, -0.2) is 4.79 Å². The molecule has 0 spiro atoms. The third-order valence-corrected chi connectivity index (χ3v) is 4.32. The van der Waals surface area contributed by atoms with Gasteiger partial charge in [-0.15, -0.1) is 0 Å². The minimum absolute atomic E-state index is 0.128. The first kappa shape index (κ1) is 21.0. The molecule has 0 radical (unpaired) electrons. The molecule has 0 atom stereocenters. The summed E-state index contributed by atoms with van der Waals surface area (Å²) >= 11 is 5.23. The van der Waals surface area contributed by atoms with Gasteiger partial charge in [0.05, 0.1) is 12.7 Å². The van der Waals surface area contributed by atoms with E-state index < -0.39 is 11.9 Å². The van der Waals surface area contributed by atoms with Gasteiger partial charge < -0.3 is 14.8 Å². The van der Waals surface area contributed by atoms with E-state index in [1.54, 1.807) is 24.3 Å². The minimum Gasteiger partial charge on any atom is -0.489 e. The molecule has 0 aliphatic carbocycles. The maximum atomic E-state index is 12.4. The number of benzene rings is 3. The number of esters is 1. The highest BCUT2D eigenvalue weighted by Gasteiger charge is 2.12. The second-order valence-corrected chi connectivity index (χ2v) is 6.69. The molecule has 3 rings (SSSR count). The van der Waals surface area contributed by atoms with E-state index in [0.29, 0.717) is 23.6 Å². The number of hydrogen-bond donors (Lipinski definition) is 2. The van der Waals surface area contributed by atoms with Crippen molar-refractivity contribution in [2.24, 2.45) is 0 Å². The second kappa shape index (κ2) is 10.2. The van der Waals surface area contributed by atoms with E-state index in [-0.39, 0.29) is 10.7 Å². The van der Waals surface area contributed by atoms with Crippen LogP contribution in [-0.4, -0.2) is 24.1 Å². The van der Waals surface area contributed by atoms with E-state index in [1.807, 2.05) is 48.5 Å². The lowest BCUT2D eigenvalue weighted by atomic mass is 10.1. The lowest BCUT2D eigenvalue weighted by Gasteiger charge is -2.12. The van der Waals surface area contributed by atoms with Crippen LogP contribution in [0.4, 0.5) is 5.69 Å². The Morgan fingerprint density at radius 1 is 0.900 bits per heavy atom. The van der Waals surface area contributed by atoms with Gasteiger partial charge >= 0.3 is 5.97 Å². The first-order chi connectivity index (χ1) is 14.5. The van der Waals surface area contributed by atoms with Crippen LogP contribution >= 0.6 is 12.2 Å². The highest BCUT2D eigenvalue weighted by molar-refractivity contribution is 7.80. The van der Waals surface area contributed by atoms with Crippen molar-refractivity contribution in [1.29, 1.82) is 0 Å². The normalized spacial score (nSPS) is 10.0. The van der Waals surface area contributed by atoms with Crippen LogP contribution in [0.15, 0.2) is 78.9 Å². The molecule has 0 fully saturated rings. The van der Waals surface area contributed by atoms with Gasteiger partial charge in [0.1, 0.15) is 12.4 Å². The molecule has 3 aromatic rings. The smallest absolute Gasteiger partial charge is 0.337 e. The standard InChI is InChI=1S/C23H20N2O4S/c1-28-22(27)18-10-5-9-17(13-18)21(26)25-23(30)24-19-11-6-12-20(14-19)29-15-16-7-3-2-4-8-16/h2-14H,15H2,1H3,(H2,24,25,26,30). The predicted octanol–water partition coefficient (Wildman–Crippen LogP) is 4.18. The average Bonchev–Trinajstić information content (AvgIpc) is 2.78. The zero-order valence-corrected chi connectivity index (χ0v) is 17.1. The van der Waals surface area contributed by atoms with Crippen molar-refractivity contribution in [3.8, 4) is 5.75 Å². The molecule has 0 saturated carbocycles. The predicted molar refractivity (Wildman–Crippen MR) is 119 cm³/mol. The van der Waals surface area contributed by atoms with Crippen LogP contribution in [0.2, 0.25) is 0 Å². The fraction of sp³-hybridized carbons (Fsp3) is 0.0870. The Bertz CT molecular complexity index is 1050. The summed E-state index contributed by atoms with van der Waals surface area (Å²) in [5.74, 6) is -0.281. The zero-order valence-electron chi connectivity index (χ0n) is 16.3. The third-order valence-electron chi connectivity index (χ3n) is 4.11. The summed E-state index contributed by atoms with van der Waals surface area (Å²) in [5, 5.41) is 5.68. The SMILES string of the molecule is COC(=O)c1cccc(C(=O)NC(=S)Nc2cccc(OCc3ccccc3)c2)c1. The molecule has 0 aliphatic rings. The Labute approximate surface area is 179 Å². The van der Waals surface area contributed by atoms with Gasteiger partial charge in [-0.05, 0) is 48.1 Å². The largest absolute Gasteiger partial charge is 0.489 e. The number of nitrogens with one attached hydrogen (secondary N) is 2. The summed E-state index contributed by atoms with van der Waals surface area (Å²) in [7, 11) is 1.28. The lowest BCUT2D eigenvalue weighted by Crippen LogP contribution is -2.34. The van der Waals surface area contributed by atoms with E-state index in [2.05, 4.69) is 15.4 Å². The Morgan fingerprint density at radius 2 is 1.63 bits per heavy atom. The number of carbonyl (C=O) groups is 2. The third kappa shape index (κ3) is 5.89. The number of carbonyl (C=O) groups excluding carboxylic acids is 2. The van der Waals surface area contributed by atoms with E-state index in [9.17, 15) is 9.59 Å². The fourth-order valence-electron chi connectivity index (χ4n) is 2.65. The Morgan fingerprint density at radius 3 is 2.40 bits per heavy atom. The van der Waals surface area contributed by atoms with Gasteiger partial charge in [0, 0.05) is 17.3 Å². The number of methoxy groups -OCH3 is 1. The summed E-state index contributed by atoms with van der Waals surface area (Å²) in [5.41, 5.74) is 2.32. The molecule has 0 heterocycles. The summed E-state index contributed by atoms with van der Waals surface area (Å²) in [6.07, 6.45) is 0. The molecule has 3 aromatic carbocycles. The maximum Gasteiger partial charge on any atom is 0.337 e. The van der Waals surface area contributed by atoms with Gasteiger partial charge in [-0.2, -0.15) is 0 Å². The van der Waals surface area contributed by atoms with E-state index >= 15 is 0 Å². The quantitative estimate of drug-likeness (QED) is 0.460.